The highest BCUT2D eigenvalue weighted by Gasteiger charge is 2.25. The molecule has 0 aliphatic carbocycles. The van der Waals surface area contributed by atoms with Gasteiger partial charge in [-0.15, -0.1) is 0 Å². The van der Waals surface area contributed by atoms with Gasteiger partial charge in [0.1, 0.15) is 11.7 Å². The summed E-state index contributed by atoms with van der Waals surface area (Å²) in [5, 5.41) is 9.50. The minimum atomic E-state index is -0.844. The molecule has 0 amide bonds. The topological polar surface area (TPSA) is 105 Å². The molecular weight excluding hydrogens is 156 g/mol. The highest BCUT2D eigenvalue weighted by atomic mass is 15.3. The largest absolute Gasteiger partial charge is 0.383 e. The lowest BCUT2D eigenvalue weighted by Gasteiger charge is -2.26. The first kappa shape index (κ1) is 7.11. The van der Waals surface area contributed by atoms with Gasteiger partial charge in [-0.05, 0) is 6.92 Å². The number of rotatable bonds is 0. The molecule has 0 fully saturated rings. The van der Waals surface area contributed by atoms with Crippen LogP contribution in [0.4, 0.5) is 5.82 Å². The Bertz CT molecular complexity index is 336. The van der Waals surface area contributed by atoms with Gasteiger partial charge < -0.3 is 11.1 Å². The Morgan fingerprint density at radius 2 is 2.33 bits per heavy atom. The van der Waals surface area contributed by atoms with Crippen LogP contribution in [0.15, 0.2) is 11.2 Å². The van der Waals surface area contributed by atoms with E-state index in [-0.39, 0.29) is 0 Å². The van der Waals surface area contributed by atoms with Crippen LogP contribution in [0.5, 0.6) is 0 Å². The van der Waals surface area contributed by atoms with Gasteiger partial charge in [0.25, 0.3) is 0 Å². The van der Waals surface area contributed by atoms with Gasteiger partial charge in [0.05, 0.1) is 11.8 Å². The molecule has 1 aliphatic rings. The quantitative estimate of drug-likeness (QED) is 0.403. The molecule has 0 spiro atoms. The number of nitrogens with two attached hydrogens (primary N) is 2. The molecule has 6 N–H and O–H groups in total. The number of nitrogens with zero attached hydrogens (tertiary/aromatic N) is 2. The zero-order valence-corrected chi connectivity index (χ0v) is 6.63. The number of anilines is 1. The molecule has 1 aromatic rings. The number of hydrogen-bond donors (Lipinski definition) is 4. The van der Waals surface area contributed by atoms with Gasteiger partial charge in [0.15, 0.2) is 5.79 Å². The Labute approximate surface area is 69.0 Å². The Balaban J connectivity index is 2.52. The van der Waals surface area contributed by atoms with E-state index in [1.807, 2.05) is 0 Å². The second-order valence-corrected chi connectivity index (χ2v) is 2.93. The third kappa shape index (κ3) is 0.928. The summed E-state index contributed by atoms with van der Waals surface area (Å²) in [4.78, 5) is 4.03. The van der Waals surface area contributed by atoms with E-state index in [1.54, 1.807) is 13.1 Å². The average molecular weight is 166 g/mol. The highest BCUT2D eigenvalue weighted by molar-refractivity contribution is 6.03. The van der Waals surface area contributed by atoms with Gasteiger partial charge >= 0.3 is 0 Å². The molecule has 6 heteroatoms. The van der Waals surface area contributed by atoms with E-state index < -0.39 is 5.79 Å². The zero-order chi connectivity index (χ0) is 8.77. The van der Waals surface area contributed by atoms with E-state index in [4.69, 9.17) is 11.5 Å². The normalized spacial score (nSPS) is 27.3. The Morgan fingerprint density at radius 3 is 3.08 bits per heavy atom. The van der Waals surface area contributed by atoms with Gasteiger partial charge in [-0.2, -0.15) is 5.10 Å². The van der Waals surface area contributed by atoms with Crippen LogP contribution in [0.3, 0.4) is 0 Å². The lowest BCUT2D eigenvalue weighted by atomic mass is 10.2. The van der Waals surface area contributed by atoms with Crippen LogP contribution in [0.2, 0.25) is 0 Å². The molecule has 2 rings (SSSR count). The van der Waals surface area contributed by atoms with Gasteiger partial charge in [0, 0.05) is 0 Å². The second kappa shape index (κ2) is 1.98. The first-order valence-electron chi connectivity index (χ1n) is 3.55. The number of amidine groups is 1. The standard InChI is InChI=1S/C6H10N6/c1-6(8)10-4(7)3-2-9-12-5(3)11-6/h2H,8H2,1H3,(H2,7,10)(H2,9,11,12). The fraction of sp³-hybridized carbons (Fsp3) is 0.333. The van der Waals surface area contributed by atoms with E-state index in [9.17, 15) is 0 Å². The number of aromatic nitrogens is 2. The van der Waals surface area contributed by atoms with Crippen LogP contribution < -0.4 is 16.8 Å². The molecule has 1 unspecified atom stereocenters. The van der Waals surface area contributed by atoms with Crippen LogP contribution >= 0.6 is 0 Å². The number of hydrogen-bond acceptors (Lipinski definition) is 5. The van der Waals surface area contributed by atoms with Gasteiger partial charge in [-0.1, -0.05) is 0 Å². The summed E-state index contributed by atoms with van der Waals surface area (Å²) in [6, 6.07) is 0. The molecule has 12 heavy (non-hydrogen) atoms. The summed E-state index contributed by atoms with van der Waals surface area (Å²) in [5.74, 6) is 0.277. The Hall–Kier alpha value is -1.56. The summed E-state index contributed by atoms with van der Waals surface area (Å²) >= 11 is 0. The van der Waals surface area contributed by atoms with Crippen molar-refractivity contribution in [3.63, 3.8) is 0 Å². The monoisotopic (exact) mass is 166 g/mol. The van der Waals surface area contributed by atoms with Crippen molar-refractivity contribution in [3.05, 3.63) is 11.8 Å². The number of aromatic amines is 1. The molecule has 1 aliphatic heterocycles. The van der Waals surface area contributed by atoms with Crippen molar-refractivity contribution in [2.45, 2.75) is 12.7 Å². The third-order valence-electron chi connectivity index (χ3n) is 1.65. The lowest BCUT2D eigenvalue weighted by molar-refractivity contribution is 0.559. The van der Waals surface area contributed by atoms with Crippen LogP contribution in [0, 0.1) is 0 Å². The van der Waals surface area contributed by atoms with Crippen molar-refractivity contribution in [2.24, 2.45) is 16.5 Å². The minimum absolute atomic E-state index is 0.405. The van der Waals surface area contributed by atoms with Gasteiger partial charge in [-0.3, -0.25) is 10.8 Å². The van der Waals surface area contributed by atoms with Crippen LogP contribution in [0.1, 0.15) is 12.5 Å². The van der Waals surface area contributed by atoms with Gasteiger partial charge in [-0.25, -0.2) is 4.99 Å². The third-order valence-corrected chi connectivity index (χ3v) is 1.65. The molecule has 0 bridgehead atoms. The number of aliphatic imine (C=N–C) groups is 1. The van der Waals surface area contributed by atoms with Crippen LogP contribution in [-0.4, -0.2) is 21.8 Å². The molecule has 0 radical (unpaired) electrons. The SMILES string of the molecule is CC1(N)N=C(N)c2cn[nH]c2N1. The molecule has 64 valence electrons. The average Bonchev–Trinajstić information content (AvgIpc) is 2.31. The fourth-order valence-corrected chi connectivity index (χ4v) is 1.17. The summed E-state index contributed by atoms with van der Waals surface area (Å²) in [7, 11) is 0. The number of fused-ring (bicyclic) bond motifs is 1. The highest BCUT2D eigenvalue weighted by Crippen LogP contribution is 2.20. The number of H-pyrrole nitrogens is 1. The van der Waals surface area contributed by atoms with E-state index >= 15 is 0 Å². The van der Waals surface area contributed by atoms with Crippen molar-refractivity contribution in [1.29, 1.82) is 0 Å². The number of nitrogens with one attached hydrogen (secondary N) is 2. The van der Waals surface area contributed by atoms with E-state index in [0.29, 0.717) is 11.7 Å². The summed E-state index contributed by atoms with van der Waals surface area (Å²) in [5.41, 5.74) is 12.1. The molecule has 0 saturated heterocycles. The van der Waals surface area contributed by atoms with Crippen LogP contribution in [0.25, 0.3) is 0 Å². The van der Waals surface area contributed by atoms with Crippen LogP contribution in [-0.2, 0) is 0 Å². The Kier molecular flexibility index (Phi) is 1.17. The molecule has 1 aromatic heterocycles. The van der Waals surface area contributed by atoms with Crippen molar-refractivity contribution >= 4 is 11.7 Å². The van der Waals surface area contributed by atoms with Crippen molar-refractivity contribution in [3.8, 4) is 0 Å². The van der Waals surface area contributed by atoms with E-state index in [2.05, 4.69) is 20.5 Å². The smallest absolute Gasteiger partial charge is 0.182 e. The maximum Gasteiger partial charge on any atom is 0.182 e. The molecule has 0 aromatic carbocycles. The first-order valence-corrected chi connectivity index (χ1v) is 3.55. The summed E-state index contributed by atoms with van der Waals surface area (Å²) in [6.07, 6.45) is 1.61. The van der Waals surface area contributed by atoms with E-state index in [1.165, 1.54) is 0 Å². The second-order valence-electron chi connectivity index (χ2n) is 2.93. The maximum absolute atomic E-state index is 5.72. The lowest BCUT2D eigenvalue weighted by Crippen LogP contribution is -2.47. The molecule has 1 atom stereocenters. The van der Waals surface area contributed by atoms with Crippen molar-refractivity contribution in [2.75, 3.05) is 5.32 Å². The van der Waals surface area contributed by atoms with Gasteiger partial charge in [0.2, 0.25) is 0 Å². The first-order chi connectivity index (χ1) is 5.58. The molecule has 2 heterocycles. The minimum Gasteiger partial charge on any atom is -0.383 e. The zero-order valence-electron chi connectivity index (χ0n) is 6.63. The molecule has 0 saturated carbocycles. The molecular formula is C6H10N6. The fourth-order valence-electron chi connectivity index (χ4n) is 1.17. The van der Waals surface area contributed by atoms with E-state index in [0.717, 1.165) is 5.56 Å². The predicted molar refractivity (Wildman–Crippen MR) is 45.5 cm³/mol. The summed E-state index contributed by atoms with van der Waals surface area (Å²) in [6.45, 7) is 1.73. The predicted octanol–water partition coefficient (Wildman–Crippen LogP) is -0.827. The Morgan fingerprint density at radius 1 is 1.58 bits per heavy atom. The van der Waals surface area contributed by atoms with Crippen molar-refractivity contribution in [1.82, 2.24) is 10.2 Å². The summed E-state index contributed by atoms with van der Waals surface area (Å²) < 4.78 is 0. The maximum atomic E-state index is 5.72. The van der Waals surface area contributed by atoms with Crippen molar-refractivity contribution < 1.29 is 0 Å². The molecule has 6 nitrogen and oxygen atoms in total.